The van der Waals surface area contributed by atoms with Gasteiger partial charge in [-0.25, -0.2) is 0 Å². The molecule has 3 aromatic rings. The molecule has 9 heteroatoms. The lowest BCUT2D eigenvalue weighted by Gasteiger charge is -2.11. The van der Waals surface area contributed by atoms with Crippen molar-refractivity contribution in [2.45, 2.75) is 13.8 Å². The van der Waals surface area contributed by atoms with Crippen molar-refractivity contribution < 1.29 is 4.92 Å². The van der Waals surface area contributed by atoms with E-state index in [1.165, 1.54) is 12.1 Å². The minimum atomic E-state index is -0.454. The Morgan fingerprint density at radius 2 is 1.44 bits per heavy atom. The molecule has 3 N–H and O–H groups in total. The molecule has 0 unspecified atom stereocenters. The second kappa shape index (κ2) is 7.65. The fraction of sp³-hybridized carbons (Fsp3) is 0.167. The number of hydrogen-bond acceptors (Lipinski definition) is 8. The monoisotopic (exact) mass is 365 g/mol. The topological polar surface area (TPSA) is 118 Å². The Hall–Kier alpha value is -3.75. The van der Waals surface area contributed by atoms with Crippen molar-refractivity contribution in [2.75, 3.05) is 23.0 Å². The third kappa shape index (κ3) is 4.66. The largest absolute Gasteiger partial charge is 0.357 e. The molecule has 9 nitrogen and oxygen atoms in total. The summed E-state index contributed by atoms with van der Waals surface area (Å²) in [5, 5.41) is 20.0. The van der Waals surface area contributed by atoms with Crippen LogP contribution in [0.5, 0.6) is 0 Å². The van der Waals surface area contributed by atoms with Crippen LogP contribution in [0.4, 0.5) is 34.9 Å². The van der Waals surface area contributed by atoms with Gasteiger partial charge in [0.2, 0.25) is 17.8 Å². The van der Waals surface area contributed by atoms with Crippen LogP contribution in [0.2, 0.25) is 0 Å². The molecular weight excluding hydrogens is 346 g/mol. The third-order valence-corrected chi connectivity index (χ3v) is 3.65. The molecule has 0 aliphatic heterocycles. The van der Waals surface area contributed by atoms with Gasteiger partial charge in [-0.05, 0) is 43.2 Å². The van der Waals surface area contributed by atoms with Crippen LogP contribution in [0.25, 0.3) is 0 Å². The maximum absolute atomic E-state index is 10.9. The van der Waals surface area contributed by atoms with E-state index < -0.39 is 4.92 Å². The summed E-state index contributed by atoms with van der Waals surface area (Å²) < 4.78 is 0. The van der Waals surface area contributed by atoms with Gasteiger partial charge in [0.25, 0.3) is 5.69 Å². The number of aromatic nitrogens is 3. The minimum absolute atomic E-state index is 0.0171. The molecule has 0 saturated heterocycles. The molecule has 0 aliphatic carbocycles. The molecule has 0 atom stereocenters. The fourth-order valence-corrected chi connectivity index (χ4v) is 2.60. The summed E-state index contributed by atoms with van der Waals surface area (Å²) in [5.74, 6) is 0.985. The molecule has 0 bridgehead atoms. The highest BCUT2D eigenvalue weighted by atomic mass is 16.6. The van der Waals surface area contributed by atoms with Crippen LogP contribution in [0.3, 0.4) is 0 Å². The van der Waals surface area contributed by atoms with Crippen LogP contribution < -0.4 is 16.0 Å². The molecule has 1 heterocycles. The number of benzene rings is 2. The Balaban J connectivity index is 1.89. The molecule has 0 saturated carbocycles. The molecule has 3 rings (SSSR count). The Kier molecular flexibility index (Phi) is 5.11. The number of aryl methyl sites for hydroxylation is 2. The van der Waals surface area contributed by atoms with E-state index in [9.17, 15) is 10.1 Å². The number of nitrogens with zero attached hydrogens (tertiary/aromatic N) is 4. The van der Waals surface area contributed by atoms with Crippen LogP contribution in [0.15, 0.2) is 42.5 Å². The van der Waals surface area contributed by atoms with E-state index in [2.05, 4.69) is 37.0 Å². The van der Waals surface area contributed by atoms with Crippen LogP contribution in [0.1, 0.15) is 11.1 Å². The smallest absolute Gasteiger partial charge is 0.271 e. The second-order valence-electron chi connectivity index (χ2n) is 5.99. The molecule has 0 amide bonds. The van der Waals surface area contributed by atoms with Gasteiger partial charge in [-0.3, -0.25) is 10.1 Å². The maximum Gasteiger partial charge on any atom is 0.271 e. The average molecular weight is 365 g/mol. The summed E-state index contributed by atoms with van der Waals surface area (Å²) in [6.45, 7) is 4.03. The molecule has 2 aromatic carbocycles. The quantitative estimate of drug-likeness (QED) is 0.444. The van der Waals surface area contributed by atoms with Gasteiger partial charge in [0.15, 0.2) is 0 Å². The van der Waals surface area contributed by atoms with Gasteiger partial charge in [-0.15, -0.1) is 0 Å². The van der Waals surface area contributed by atoms with Gasteiger partial charge in [0, 0.05) is 30.6 Å². The lowest BCUT2D eigenvalue weighted by atomic mass is 10.1. The first kappa shape index (κ1) is 18.1. The zero-order chi connectivity index (χ0) is 19.4. The van der Waals surface area contributed by atoms with E-state index in [0.29, 0.717) is 17.6 Å². The van der Waals surface area contributed by atoms with Crippen molar-refractivity contribution in [2.24, 2.45) is 0 Å². The first-order chi connectivity index (χ1) is 12.9. The lowest BCUT2D eigenvalue weighted by Crippen LogP contribution is -2.07. The number of anilines is 5. The summed E-state index contributed by atoms with van der Waals surface area (Å²) in [7, 11) is 1.70. The average Bonchev–Trinajstić information content (AvgIpc) is 2.60. The van der Waals surface area contributed by atoms with E-state index in [-0.39, 0.29) is 11.6 Å². The van der Waals surface area contributed by atoms with Gasteiger partial charge in [0.1, 0.15) is 0 Å². The van der Waals surface area contributed by atoms with Gasteiger partial charge >= 0.3 is 0 Å². The van der Waals surface area contributed by atoms with Crippen molar-refractivity contribution in [3.63, 3.8) is 0 Å². The van der Waals surface area contributed by atoms with Gasteiger partial charge in [-0.1, -0.05) is 12.1 Å². The summed E-state index contributed by atoms with van der Waals surface area (Å²) in [6, 6.07) is 12.2. The first-order valence-electron chi connectivity index (χ1n) is 8.23. The number of rotatable bonds is 6. The van der Waals surface area contributed by atoms with Crippen molar-refractivity contribution in [3.05, 3.63) is 63.7 Å². The van der Waals surface area contributed by atoms with E-state index >= 15 is 0 Å². The summed E-state index contributed by atoms with van der Waals surface area (Å²) in [6.07, 6.45) is 0. The van der Waals surface area contributed by atoms with Gasteiger partial charge in [-0.2, -0.15) is 15.0 Å². The highest BCUT2D eigenvalue weighted by Gasteiger charge is 2.10. The highest BCUT2D eigenvalue weighted by Crippen LogP contribution is 2.22. The minimum Gasteiger partial charge on any atom is -0.357 e. The molecule has 0 radical (unpaired) electrons. The zero-order valence-electron chi connectivity index (χ0n) is 15.1. The molecule has 27 heavy (non-hydrogen) atoms. The summed E-state index contributed by atoms with van der Waals surface area (Å²) in [5.41, 5.74) is 3.60. The SMILES string of the molecule is CNc1nc(Nc2cc(C)cc(C)c2)nc(Nc2cccc([N+](=O)[O-])c2)n1. The van der Waals surface area contributed by atoms with Crippen molar-refractivity contribution >= 4 is 34.9 Å². The van der Waals surface area contributed by atoms with Crippen LogP contribution in [0, 0.1) is 24.0 Å². The highest BCUT2D eigenvalue weighted by molar-refractivity contribution is 5.61. The first-order valence-corrected chi connectivity index (χ1v) is 8.23. The second-order valence-corrected chi connectivity index (χ2v) is 5.99. The number of nitro groups is 1. The molecule has 1 aromatic heterocycles. The maximum atomic E-state index is 10.9. The van der Waals surface area contributed by atoms with E-state index in [0.717, 1.165) is 16.8 Å². The van der Waals surface area contributed by atoms with Gasteiger partial charge in [0.05, 0.1) is 4.92 Å². The van der Waals surface area contributed by atoms with Crippen molar-refractivity contribution in [1.82, 2.24) is 15.0 Å². The van der Waals surface area contributed by atoms with Crippen molar-refractivity contribution in [1.29, 1.82) is 0 Å². The van der Waals surface area contributed by atoms with Crippen LogP contribution in [-0.4, -0.2) is 26.9 Å². The Bertz CT molecular complexity index is 971. The molecule has 0 spiro atoms. The molecular formula is C18H19N7O2. The summed E-state index contributed by atoms with van der Waals surface area (Å²) >= 11 is 0. The Labute approximate surface area is 156 Å². The van der Waals surface area contributed by atoms with E-state index in [4.69, 9.17) is 0 Å². The van der Waals surface area contributed by atoms with Crippen molar-refractivity contribution in [3.8, 4) is 0 Å². The number of non-ortho nitro benzene ring substituents is 1. The normalized spacial score (nSPS) is 10.3. The van der Waals surface area contributed by atoms with E-state index in [1.807, 2.05) is 26.0 Å². The predicted octanol–water partition coefficient (Wildman–Crippen LogP) is 3.93. The summed E-state index contributed by atoms with van der Waals surface area (Å²) in [4.78, 5) is 23.4. The Morgan fingerprint density at radius 3 is 2.04 bits per heavy atom. The van der Waals surface area contributed by atoms with E-state index in [1.54, 1.807) is 19.2 Å². The number of nitro benzene ring substituents is 1. The molecule has 0 fully saturated rings. The predicted molar refractivity (Wildman–Crippen MR) is 105 cm³/mol. The fourth-order valence-electron chi connectivity index (χ4n) is 2.60. The molecule has 138 valence electrons. The zero-order valence-corrected chi connectivity index (χ0v) is 15.1. The standard InChI is InChI=1S/C18H19N7O2/c1-11-7-12(2)9-14(8-11)21-18-23-16(19-3)22-17(24-18)20-13-5-4-6-15(10-13)25(26)27/h4-10H,1-3H3,(H3,19,20,21,22,23,24). The number of nitrogens with one attached hydrogen (secondary N) is 3. The van der Waals surface area contributed by atoms with Gasteiger partial charge < -0.3 is 16.0 Å². The van der Waals surface area contributed by atoms with Crippen LogP contribution >= 0.6 is 0 Å². The lowest BCUT2D eigenvalue weighted by molar-refractivity contribution is -0.384. The third-order valence-electron chi connectivity index (χ3n) is 3.65. The Morgan fingerprint density at radius 1 is 0.852 bits per heavy atom. The molecule has 0 aliphatic rings. The van der Waals surface area contributed by atoms with Crippen LogP contribution in [-0.2, 0) is 0 Å². The number of hydrogen-bond donors (Lipinski definition) is 3.